The van der Waals surface area contributed by atoms with Crippen molar-refractivity contribution >= 4 is 17.7 Å². The van der Waals surface area contributed by atoms with E-state index in [-0.39, 0.29) is 5.91 Å². The van der Waals surface area contributed by atoms with E-state index in [1.807, 2.05) is 11.8 Å². The summed E-state index contributed by atoms with van der Waals surface area (Å²) < 4.78 is 0. The number of amides is 1. The van der Waals surface area contributed by atoms with Crippen molar-refractivity contribution in [2.75, 3.05) is 18.6 Å². The molecule has 0 aliphatic heterocycles. The van der Waals surface area contributed by atoms with Gasteiger partial charge in [0.15, 0.2) is 0 Å². The minimum atomic E-state index is 0.119. The number of hydrogen-bond acceptors (Lipinski definition) is 3. The molecule has 0 rings (SSSR count). The molecule has 4 heteroatoms. The van der Waals surface area contributed by atoms with Crippen LogP contribution in [0.2, 0.25) is 0 Å². The van der Waals surface area contributed by atoms with Crippen LogP contribution in [0.3, 0.4) is 0 Å². The second kappa shape index (κ2) is 9.97. The summed E-state index contributed by atoms with van der Waals surface area (Å²) in [5.41, 5.74) is 0. The maximum atomic E-state index is 11.6. The van der Waals surface area contributed by atoms with Crippen LogP contribution in [0, 0.1) is 0 Å². The highest BCUT2D eigenvalue weighted by Crippen LogP contribution is 2.00. The van der Waals surface area contributed by atoms with Crippen LogP contribution in [0.4, 0.5) is 0 Å². The van der Waals surface area contributed by atoms with Crippen LogP contribution in [0.5, 0.6) is 0 Å². The van der Waals surface area contributed by atoms with Crippen LogP contribution < -0.4 is 10.6 Å². The average molecular weight is 246 g/mol. The van der Waals surface area contributed by atoms with Crippen LogP contribution in [-0.4, -0.2) is 36.5 Å². The predicted molar refractivity (Wildman–Crippen MR) is 73.0 cm³/mol. The van der Waals surface area contributed by atoms with Crippen LogP contribution in [0.25, 0.3) is 0 Å². The van der Waals surface area contributed by atoms with Crippen LogP contribution in [0.15, 0.2) is 0 Å². The molecule has 1 unspecified atom stereocenters. The fourth-order valence-corrected chi connectivity index (χ4v) is 2.29. The fraction of sp³-hybridized carbons (Fsp3) is 0.917. The Hall–Kier alpha value is -0.220. The topological polar surface area (TPSA) is 41.1 Å². The standard InChI is InChI=1S/C12H26N2OS/c1-5-10(6-2)14-12(15)8-13-11(7-3)9-16-4/h10-11,13H,5-9H2,1-4H3,(H,14,15). The number of thioether (sulfide) groups is 1. The minimum absolute atomic E-state index is 0.119. The van der Waals surface area contributed by atoms with Gasteiger partial charge in [0.25, 0.3) is 0 Å². The summed E-state index contributed by atoms with van der Waals surface area (Å²) in [6, 6.07) is 0.775. The first-order chi connectivity index (χ1) is 7.67. The van der Waals surface area contributed by atoms with Crippen molar-refractivity contribution in [3.05, 3.63) is 0 Å². The molecule has 3 nitrogen and oxygen atoms in total. The molecular formula is C12H26N2OS. The molecule has 0 spiro atoms. The molecule has 0 aromatic heterocycles. The highest BCUT2D eigenvalue weighted by molar-refractivity contribution is 7.98. The van der Waals surface area contributed by atoms with Gasteiger partial charge in [-0.2, -0.15) is 11.8 Å². The molecule has 0 heterocycles. The smallest absolute Gasteiger partial charge is 0.234 e. The van der Waals surface area contributed by atoms with Gasteiger partial charge in [0.2, 0.25) is 5.91 Å². The Labute approximate surface area is 104 Å². The summed E-state index contributed by atoms with van der Waals surface area (Å²) in [7, 11) is 0. The van der Waals surface area contributed by atoms with E-state index in [0.717, 1.165) is 25.0 Å². The van der Waals surface area contributed by atoms with Crippen molar-refractivity contribution in [3.63, 3.8) is 0 Å². The second-order valence-electron chi connectivity index (χ2n) is 4.02. The molecule has 1 amide bonds. The first kappa shape index (κ1) is 15.8. The molecule has 0 aromatic carbocycles. The second-order valence-corrected chi connectivity index (χ2v) is 4.93. The van der Waals surface area contributed by atoms with Gasteiger partial charge in [0.05, 0.1) is 6.54 Å². The normalized spacial score (nSPS) is 12.8. The van der Waals surface area contributed by atoms with Crippen molar-refractivity contribution in [1.82, 2.24) is 10.6 Å². The first-order valence-corrected chi connectivity index (χ1v) is 7.58. The summed E-state index contributed by atoms with van der Waals surface area (Å²) in [6.45, 7) is 6.79. The van der Waals surface area contributed by atoms with E-state index in [9.17, 15) is 4.79 Å². The zero-order chi connectivity index (χ0) is 12.4. The summed E-state index contributed by atoms with van der Waals surface area (Å²) in [6.07, 6.45) is 5.17. The molecule has 0 bridgehead atoms. The molecule has 1 atom stereocenters. The Morgan fingerprint density at radius 2 is 1.69 bits per heavy atom. The van der Waals surface area contributed by atoms with Gasteiger partial charge in [-0.1, -0.05) is 20.8 Å². The van der Waals surface area contributed by atoms with Gasteiger partial charge < -0.3 is 10.6 Å². The van der Waals surface area contributed by atoms with E-state index < -0.39 is 0 Å². The lowest BCUT2D eigenvalue weighted by molar-refractivity contribution is -0.121. The van der Waals surface area contributed by atoms with Crippen molar-refractivity contribution in [1.29, 1.82) is 0 Å². The lowest BCUT2D eigenvalue weighted by Crippen LogP contribution is -2.43. The largest absolute Gasteiger partial charge is 0.352 e. The monoisotopic (exact) mass is 246 g/mol. The lowest BCUT2D eigenvalue weighted by atomic mass is 10.2. The third-order valence-electron chi connectivity index (χ3n) is 2.76. The average Bonchev–Trinajstić information content (AvgIpc) is 2.31. The van der Waals surface area contributed by atoms with Gasteiger partial charge in [-0.3, -0.25) is 4.79 Å². The van der Waals surface area contributed by atoms with Gasteiger partial charge in [-0.25, -0.2) is 0 Å². The van der Waals surface area contributed by atoms with Gasteiger partial charge >= 0.3 is 0 Å². The van der Waals surface area contributed by atoms with Crippen molar-refractivity contribution in [2.45, 2.75) is 52.1 Å². The van der Waals surface area contributed by atoms with Gasteiger partial charge in [0.1, 0.15) is 0 Å². The minimum Gasteiger partial charge on any atom is -0.352 e. The molecule has 2 N–H and O–H groups in total. The van der Waals surface area contributed by atoms with Crippen molar-refractivity contribution in [3.8, 4) is 0 Å². The predicted octanol–water partition coefficient (Wildman–Crippen LogP) is 2.02. The maximum absolute atomic E-state index is 11.6. The molecule has 16 heavy (non-hydrogen) atoms. The van der Waals surface area contributed by atoms with E-state index in [2.05, 4.69) is 37.7 Å². The Kier molecular flexibility index (Phi) is 9.83. The van der Waals surface area contributed by atoms with Crippen molar-refractivity contribution in [2.24, 2.45) is 0 Å². The number of carbonyl (C=O) groups is 1. The first-order valence-electron chi connectivity index (χ1n) is 6.19. The zero-order valence-electron chi connectivity index (χ0n) is 11.0. The Bertz CT molecular complexity index is 184. The van der Waals surface area contributed by atoms with E-state index in [0.29, 0.717) is 18.6 Å². The maximum Gasteiger partial charge on any atom is 0.234 e. The Balaban J connectivity index is 3.78. The van der Waals surface area contributed by atoms with Crippen LogP contribution in [-0.2, 0) is 4.79 Å². The zero-order valence-corrected chi connectivity index (χ0v) is 11.8. The van der Waals surface area contributed by atoms with E-state index in [1.165, 1.54) is 0 Å². The number of hydrogen-bond donors (Lipinski definition) is 2. The molecule has 0 aliphatic carbocycles. The SMILES string of the molecule is CCC(CSC)NCC(=O)NC(CC)CC. The highest BCUT2D eigenvalue weighted by Gasteiger charge is 2.10. The molecule has 96 valence electrons. The number of rotatable bonds is 9. The van der Waals surface area contributed by atoms with Crippen molar-refractivity contribution < 1.29 is 4.79 Å². The molecular weight excluding hydrogens is 220 g/mol. The Morgan fingerprint density at radius 3 is 2.12 bits per heavy atom. The Morgan fingerprint density at radius 1 is 1.12 bits per heavy atom. The van der Waals surface area contributed by atoms with Crippen LogP contribution >= 0.6 is 11.8 Å². The van der Waals surface area contributed by atoms with E-state index in [1.54, 1.807) is 0 Å². The quantitative estimate of drug-likeness (QED) is 0.654. The summed E-state index contributed by atoms with van der Waals surface area (Å²) in [5.74, 6) is 1.18. The molecule has 0 aromatic rings. The van der Waals surface area contributed by atoms with Gasteiger partial charge in [0, 0.05) is 17.8 Å². The lowest BCUT2D eigenvalue weighted by Gasteiger charge is -2.18. The van der Waals surface area contributed by atoms with Gasteiger partial charge in [-0.05, 0) is 25.5 Å². The molecule has 0 aliphatic rings. The number of carbonyl (C=O) groups excluding carboxylic acids is 1. The summed E-state index contributed by atoms with van der Waals surface area (Å²) in [4.78, 5) is 11.6. The van der Waals surface area contributed by atoms with Crippen LogP contribution in [0.1, 0.15) is 40.0 Å². The van der Waals surface area contributed by atoms with E-state index >= 15 is 0 Å². The number of nitrogens with one attached hydrogen (secondary N) is 2. The third kappa shape index (κ3) is 7.12. The summed E-state index contributed by atoms with van der Waals surface area (Å²) in [5, 5.41) is 6.32. The molecule has 0 saturated heterocycles. The van der Waals surface area contributed by atoms with Gasteiger partial charge in [-0.15, -0.1) is 0 Å². The fourth-order valence-electron chi connectivity index (χ4n) is 1.53. The molecule has 0 radical (unpaired) electrons. The van der Waals surface area contributed by atoms with E-state index in [4.69, 9.17) is 0 Å². The molecule has 0 saturated carbocycles. The third-order valence-corrected chi connectivity index (χ3v) is 3.50. The molecule has 0 fully saturated rings. The summed E-state index contributed by atoms with van der Waals surface area (Å²) >= 11 is 1.81. The highest BCUT2D eigenvalue weighted by atomic mass is 32.2.